The van der Waals surface area contributed by atoms with E-state index in [1.165, 1.54) is 0 Å². The summed E-state index contributed by atoms with van der Waals surface area (Å²) in [7, 11) is 0. The molecule has 0 aromatic carbocycles. The second-order valence-electron chi connectivity index (χ2n) is 13.6. The highest BCUT2D eigenvalue weighted by Gasteiger charge is 2.45. The summed E-state index contributed by atoms with van der Waals surface area (Å²) in [5.41, 5.74) is 1.81. The molecule has 9 heteroatoms. The minimum Gasteiger partial charge on any atom is -0.455 e. The topological polar surface area (TPSA) is 98.1 Å². The third-order valence-corrected chi connectivity index (χ3v) is 7.50. The van der Waals surface area contributed by atoms with Crippen LogP contribution in [0.15, 0.2) is 6.07 Å². The lowest BCUT2D eigenvalue weighted by molar-refractivity contribution is 0.00529. The van der Waals surface area contributed by atoms with E-state index in [1.807, 2.05) is 46.4 Å². The molecule has 38 heavy (non-hydrogen) atoms. The lowest BCUT2D eigenvalue weighted by Crippen LogP contribution is -2.51. The Balaban J connectivity index is 1.46. The van der Waals surface area contributed by atoms with Crippen LogP contribution >= 0.6 is 0 Å². The number of nitrogens with one attached hydrogen (secondary N) is 1. The van der Waals surface area contributed by atoms with Crippen molar-refractivity contribution in [1.29, 1.82) is 0 Å². The van der Waals surface area contributed by atoms with Crippen molar-refractivity contribution in [3.05, 3.63) is 23.0 Å². The molecule has 0 radical (unpaired) electrons. The molecular formula is C29H43N5O4. The molecule has 4 heterocycles. The Bertz CT molecular complexity index is 1220. The standard InChI is InChI=1S/C29H43N5O4/c1-16(2)23-24(26(35)37-28(3,4)5)32-34-22(15-21(17-9-10-17)31-25(23)34)30-18-13-19-11-12-20(14-18)33(19)27(36)38-29(6,7)8/h15-20,30H,9-14H2,1-8H3. The Morgan fingerprint density at radius 3 is 2.11 bits per heavy atom. The van der Waals surface area contributed by atoms with Crippen molar-refractivity contribution in [1.82, 2.24) is 19.5 Å². The number of hydrogen-bond acceptors (Lipinski definition) is 7. The van der Waals surface area contributed by atoms with E-state index in [-0.39, 0.29) is 30.1 Å². The van der Waals surface area contributed by atoms with Gasteiger partial charge in [0.05, 0.1) is 0 Å². The van der Waals surface area contributed by atoms with Gasteiger partial charge in [0.2, 0.25) is 0 Å². The molecule has 2 aliphatic heterocycles. The fourth-order valence-electron chi connectivity index (χ4n) is 5.87. The summed E-state index contributed by atoms with van der Waals surface area (Å²) >= 11 is 0. The minimum atomic E-state index is -0.615. The maximum absolute atomic E-state index is 13.2. The van der Waals surface area contributed by atoms with E-state index in [4.69, 9.17) is 19.6 Å². The van der Waals surface area contributed by atoms with Crippen LogP contribution < -0.4 is 5.32 Å². The van der Waals surface area contributed by atoms with Crippen LogP contribution in [0.5, 0.6) is 0 Å². The second kappa shape index (κ2) is 9.42. The smallest absolute Gasteiger partial charge is 0.410 e. The lowest BCUT2D eigenvalue weighted by Gasteiger charge is -2.40. The summed E-state index contributed by atoms with van der Waals surface area (Å²) in [5, 5.41) is 8.53. The highest BCUT2D eigenvalue weighted by molar-refractivity contribution is 5.92. The maximum atomic E-state index is 13.2. The highest BCUT2D eigenvalue weighted by atomic mass is 16.6. The SMILES string of the molecule is CC(C)c1c(C(=O)OC(C)(C)C)nn2c(NC3CC4CCC(C3)N4C(=O)OC(C)(C)C)cc(C3CC3)nc12. The van der Waals surface area contributed by atoms with Gasteiger partial charge in [-0.2, -0.15) is 9.61 Å². The van der Waals surface area contributed by atoms with E-state index in [9.17, 15) is 9.59 Å². The number of piperidine rings is 1. The van der Waals surface area contributed by atoms with E-state index in [2.05, 4.69) is 25.2 Å². The van der Waals surface area contributed by atoms with Gasteiger partial charge in [0, 0.05) is 41.4 Å². The molecule has 1 amide bonds. The van der Waals surface area contributed by atoms with Crippen molar-refractivity contribution < 1.29 is 19.1 Å². The summed E-state index contributed by atoms with van der Waals surface area (Å²) in [6.45, 7) is 15.5. The Kier molecular flexibility index (Phi) is 6.63. The molecule has 2 atom stereocenters. The van der Waals surface area contributed by atoms with Gasteiger partial charge >= 0.3 is 12.1 Å². The zero-order valence-electron chi connectivity index (χ0n) is 24.1. The average Bonchev–Trinajstić information content (AvgIpc) is 3.48. The minimum absolute atomic E-state index is 0.0535. The van der Waals surface area contributed by atoms with Gasteiger partial charge in [-0.1, -0.05) is 13.8 Å². The Hall–Kier alpha value is -2.84. The molecule has 0 spiro atoms. The molecule has 1 saturated carbocycles. The number of hydrogen-bond donors (Lipinski definition) is 1. The fraction of sp³-hybridized carbons (Fsp3) is 0.724. The monoisotopic (exact) mass is 525 g/mol. The normalized spacial score (nSPS) is 23.7. The van der Waals surface area contributed by atoms with Gasteiger partial charge in [0.1, 0.15) is 17.0 Å². The van der Waals surface area contributed by atoms with Gasteiger partial charge in [-0.3, -0.25) is 0 Å². The summed E-state index contributed by atoms with van der Waals surface area (Å²) in [5.74, 6) is 0.932. The van der Waals surface area contributed by atoms with E-state index < -0.39 is 17.2 Å². The van der Waals surface area contributed by atoms with Crippen LogP contribution in [0.4, 0.5) is 10.6 Å². The first-order chi connectivity index (χ1) is 17.7. The Morgan fingerprint density at radius 2 is 1.58 bits per heavy atom. The van der Waals surface area contributed by atoms with E-state index in [0.29, 0.717) is 11.6 Å². The molecule has 3 aliphatic rings. The third kappa shape index (κ3) is 5.47. The maximum Gasteiger partial charge on any atom is 0.410 e. The first-order valence-corrected chi connectivity index (χ1v) is 14.1. The first kappa shape index (κ1) is 26.8. The lowest BCUT2D eigenvalue weighted by atomic mass is 9.97. The van der Waals surface area contributed by atoms with Crippen molar-refractivity contribution in [2.45, 2.75) is 135 Å². The van der Waals surface area contributed by atoms with Crippen molar-refractivity contribution in [3.8, 4) is 0 Å². The zero-order chi connectivity index (χ0) is 27.6. The number of nitrogens with zero attached hydrogens (tertiary/aromatic N) is 4. The number of esters is 1. The van der Waals surface area contributed by atoms with E-state index in [0.717, 1.165) is 61.2 Å². The largest absolute Gasteiger partial charge is 0.455 e. The number of ether oxygens (including phenoxy) is 2. The Labute approximate surface area is 225 Å². The quantitative estimate of drug-likeness (QED) is 0.476. The molecule has 208 valence electrons. The number of anilines is 1. The van der Waals surface area contributed by atoms with Gasteiger partial charge in [0.25, 0.3) is 0 Å². The van der Waals surface area contributed by atoms with Crippen LogP contribution in [-0.4, -0.2) is 60.9 Å². The summed E-state index contributed by atoms with van der Waals surface area (Å²) in [6, 6.07) is 2.59. The number of fused-ring (bicyclic) bond motifs is 3. The number of carbonyl (C=O) groups is 2. The van der Waals surface area contributed by atoms with Crippen LogP contribution in [0.25, 0.3) is 5.65 Å². The number of aromatic nitrogens is 3. The summed E-state index contributed by atoms with van der Waals surface area (Å²) < 4.78 is 13.2. The van der Waals surface area contributed by atoms with Crippen LogP contribution in [0.3, 0.4) is 0 Å². The van der Waals surface area contributed by atoms with E-state index >= 15 is 0 Å². The van der Waals surface area contributed by atoms with Gasteiger partial charge in [-0.15, -0.1) is 0 Å². The summed E-state index contributed by atoms with van der Waals surface area (Å²) in [6.07, 6.45) is 5.72. The molecule has 3 fully saturated rings. The molecule has 1 N–H and O–H groups in total. The molecule has 1 aliphatic carbocycles. The van der Waals surface area contributed by atoms with Crippen molar-refractivity contribution in [2.24, 2.45) is 0 Å². The van der Waals surface area contributed by atoms with Crippen LogP contribution in [0.2, 0.25) is 0 Å². The number of rotatable bonds is 5. The van der Waals surface area contributed by atoms with Gasteiger partial charge in [-0.25, -0.2) is 14.6 Å². The van der Waals surface area contributed by atoms with Gasteiger partial charge in [-0.05, 0) is 86.0 Å². The van der Waals surface area contributed by atoms with Crippen LogP contribution in [-0.2, 0) is 9.47 Å². The first-order valence-electron chi connectivity index (χ1n) is 14.1. The zero-order valence-corrected chi connectivity index (χ0v) is 24.1. The fourth-order valence-corrected chi connectivity index (χ4v) is 5.87. The molecule has 2 unspecified atom stereocenters. The van der Waals surface area contributed by atoms with Crippen molar-refractivity contribution in [2.75, 3.05) is 5.32 Å². The molecule has 9 nitrogen and oxygen atoms in total. The summed E-state index contributed by atoms with van der Waals surface area (Å²) in [4.78, 5) is 33.1. The third-order valence-electron chi connectivity index (χ3n) is 7.50. The van der Waals surface area contributed by atoms with Gasteiger partial charge < -0.3 is 19.7 Å². The predicted molar refractivity (Wildman–Crippen MR) is 146 cm³/mol. The number of carbonyl (C=O) groups excluding carboxylic acids is 2. The molecule has 2 aromatic heterocycles. The molecule has 2 bridgehead atoms. The molecule has 5 rings (SSSR count). The number of amides is 1. The highest BCUT2D eigenvalue weighted by Crippen LogP contribution is 2.42. The van der Waals surface area contributed by atoms with Crippen molar-refractivity contribution >= 4 is 23.5 Å². The molecular weight excluding hydrogens is 482 g/mol. The van der Waals surface area contributed by atoms with Gasteiger partial charge in [0.15, 0.2) is 11.3 Å². The molecule has 2 aromatic rings. The van der Waals surface area contributed by atoms with E-state index in [1.54, 1.807) is 4.52 Å². The second-order valence-corrected chi connectivity index (χ2v) is 13.6. The molecule has 2 saturated heterocycles. The average molecular weight is 526 g/mol. The van der Waals surface area contributed by atoms with Crippen molar-refractivity contribution in [3.63, 3.8) is 0 Å². The predicted octanol–water partition coefficient (Wildman–Crippen LogP) is 6.03. The van der Waals surface area contributed by atoms with Crippen LogP contribution in [0, 0.1) is 0 Å². The van der Waals surface area contributed by atoms with Crippen LogP contribution in [0.1, 0.15) is 127 Å². The Morgan fingerprint density at radius 1 is 0.974 bits per heavy atom.